The summed E-state index contributed by atoms with van der Waals surface area (Å²) in [4.78, 5) is 0. The third kappa shape index (κ3) is 2.67. The number of nitrogens with zero attached hydrogens (tertiary/aromatic N) is 1. The molecule has 0 aromatic heterocycles. The van der Waals surface area contributed by atoms with Gasteiger partial charge in [-0.25, -0.2) is 0 Å². The van der Waals surface area contributed by atoms with Gasteiger partial charge in [0.25, 0.3) is 0 Å². The number of rotatable bonds is 3. The quantitative estimate of drug-likeness (QED) is 0.743. The average Bonchev–Trinajstić information content (AvgIpc) is 2.16. The molecule has 3 nitrogen and oxygen atoms in total. The van der Waals surface area contributed by atoms with Gasteiger partial charge in [-0.1, -0.05) is 13.8 Å². The highest BCUT2D eigenvalue weighted by atomic mass is 16.5. The first-order chi connectivity index (χ1) is 6.63. The Morgan fingerprint density at radius 1 is 1.50 bits per heavy atom. The fourth-order valence-corrected chi connectivity index (χ4v) is 0.985. The van der Waals surface area contributed by atoms with Crippen LogP contribution in [0.25, 0.3) is 0 Å². The van der Waals surface area contributed by atoms with Crippen molar-refractivity contribution in [2.75, 3.05) is 12.3 Å². The maximum absolute atomic E-state index is 8.68. The zero-order chi connectivity index (χ0) is 10.6. The van der Waals surface area contributed by atoms with Gasteiger partial charge < -0.3 is 10.5 Å². The first kappa shape index (κ1) is 10.4. The molecule has 0 amide bonds. The molecule has 0 fully saturated rings. The number of ether oxygens (including phenoxy) is 1. The number of hydrogen-bond acceptors (Lipinski definition) is 3. The number of benzene rings is 1. The smallest absolute Gasteiger partial charge is 0.143 e. The fourth-order valence-electron chi connectivity index (χ4n) is 0.985. The molecule has 0 atom stereocenters. The van der Waals surface area contributed by atoms with Crippen LogP contribution in [0.5, 0.6) is 5.75 Å². The van der Waals surface area contributed by atoms with Gasteiger partial charge in [0.15, 0.2) is 0 Å². The SMILES string of the molecule is CC(C)COc1cc(C#N)ccc1N. The van der Waals surface area contributed by atoms with Crippen molar-refractivity contribution in [3.8, 4) is 11.8 Å². The summed E-state index contributed by atoms with van der Waals surface area (Å²) in [5.41, 5.74) is 6.84. The molecule has 14 heavy (non-hydrogen) atoms. The maximum Gasteiger partial charge on any atom is 0.143 e. The minimum atomic E-state index is 0.445. The summed E-state index contributed by atoms with van der Waals surface area (Å²) < 4.78 is 5.46. The van der Waals surface area contributed by atoms with Gasteiger partial charge in [0.05, 0.1) is 23.9 Å². The molecular formula is C11H14N2O. The molecule has 0 bridgehead atoms. The van der Waals surface area contributed by atoms with Crippen LogP contribution in [-0.4, -0.2) is 6.61 Å². The monoisotopic (exact) mass is 190 g/mol. The molecule has 0 unspecified atom stereocenters. The number of nitriles is 1. The zero-order valence-electron chi connectivity index (χ0n) is 8.45. The van der Waals surface area contributed by atoms with Crippen LogP contribution >= 0.6 is 0 Å². The Kier molecular flexibility index (Phi) is 3.35. The summed E-state index contributed by atoms with van der Waals surface area (Å²) in [6.45, 7) is 4.73. The number of anilines is 1. The highest BCUT2D eigenvalue weighted by molar-refractivity contribution is 5.55. The van der Waals surface area contributed by atoms with Crippen molar-refractivity contribution in [2.24, 2.45) is 5.92 Å². The van der Waals surface area contributed by atoms with E-state index in [1.807, 2.05) is 6.07 Å². The first-order valence-corrected chi connectivity index (χ1v) is 4.56. The Bertz CT molecular complexity index is 353. The second kappa shape index (κ2) is 4.52. The Balaban J connectivity index is 2.80. The van der Waals surface area contributed by atoms with Crippen LogP contribution in [0.4, 0.5) is 5.69 Å². The minimum Gasteiger partial charge on any atom is -0.491 e. The van der Waals surface area contributed by atoms with E-state index in [9.17, 15) is 0 Å². The lowest BCUT2D eigenvalue weighted by Crippen LogP contribution is -2.06. The van der Waals surface area contributed by atoms with E-state index in [1.165, 1.54) is 0 Å². The van der Waals surface area contributed by atoms with E-state index in [0.717, 1.165) is 0 Å². The van der Waals surface area contributed by atoms with Crippen molar-refractivity contribution in [1.82, 2.24) is 0 Å². The molecule has 0 saturated carbocycles. The van der Waals surface area contributed by atoms with E-state index in [0.29, 0.717) is 29.5 Å². The summed E-state index contributed by atoms with van der Waals surface area (Å²) in [5.74, 6) is 1.04. The van der Waals surface area contributed by atoms with Gasteiger partial charge in [0.1, 0.15) is 5.75 Å². The predicted octanol–water partition coefficient (Wildman–Crippen LogP) is 2.18. The molecule has 1 aromatic rings. The standard InChI is InChI=1S/C11H14N2O/c1-8(2)7-14-11-5-9(6-12)3-4-10(11)13/h3-5,8H,7,13H2,1-2H3. The molecule has 0 heterocycles. The second-order valence-electron chi connectivity index (χ2n) is 3.57. The molecule has 74 valence electrons. The lowest BCUT2D eigenvalue weighted by atomic mass is 10.2. The summed E-state index contributed by atoms with van der Waals surface area (Å²) >= 11 is 0. The van der Waals surface area contributed by atoms with Gasteiger partial charge in [-0.05, 0) is 18.1 Å². The molecule has 0 spiro atoms. The van der Waals surface area contributed by atoms with E-state index < -0.39 is 0 Å². The number of hydrogen-bond donors (Lipinski definition) is 1. The average molecular weight is 190 g/mol. The topological polar surface area (TPSA) is 59.0 Å². The molecular weight excluding hydrogens is 176 g/mol. The Morgan fingerprint density at radius 3 is 2.79 bits per heavy atom. The third-order valence-electron chi connectivity index (χ3n) is 1.71. The lowest BCUT2D eigenvalue weighted by Gasteiger charge is -2.10. The lowest BCUT2D eigenvalue weighted by molar-refractivity contribution is 0.272. The van der Waals surface area contributed by atoms with E-state index in [4.69, 9.17) is 15.7 Å². The first-order valence-electron chi connectivity index (χ1n) is 4.56. The molecule has 0 aliphatic carbocycles. The highest BCUT2D eigenvalue weighted by Gasteiger charge is 2.03. The zero-order valence-corrected chi connectivity index (χ0v) is 8.45. The van der Waals surface area contributed by atoms with Crippen LogP contribution in [0.1, 0.15) is 19.4 Å². The molecule has 2 N–H and O–H groups in total. The van der Waals surface area contributed by atoms with Crippen molar-refractivity contribution in [2.45, 2.75) is 13.8 Å². The number of nitrogen functional groups attached to an aromatic ring is 1. The van der Waals surface area contributed by atoms with Crippen LogP contribution < -0.4 is 10.5 Å². The van der Waals surface area contributed by atoms with Gasteiger partial charge in [-0.3, -0.25) is 0 Å². The van der Waals surface area contributed by atoms with Crippen molar-refractivity contribution >= 4 is 5.69 Å². The van der Waals surface area contributed by atoms with Gasteiger partial charge >= 0.3 is 0 Å². The minimum absolute atomic E-state index is 0.445. The Hall–Kier alpha value is -1.69. The van der Waals surface area contributed by atoms with E-state index in [1.54, 1.807) is 18.2 Å². The molecule has 0 saturated heterocycles. The van der Waals surface area contributed by atoms with E-state index in [2.05, 4.69) is 13.8 Å². The van der Waals surface area contributed by atoms with Crippen LogP contribution in [0, 0.1) is 17.2 Å². The van der Waals surface area contributed by atoms with Crippen LogP contribution in [0.3, 0.4) is 0 Å². The Labute approximate surface area is 84.1 Å². The molecule has 1 rings (SSSR count). The predicted molar refractivity (Wildman–Crippen MR) is 55.9 cm³/mol. The molecule has 1 aromatic carbocycles. The van der Waals surface area contributed by atoms with Gasteiger partial charge in [0, 0.05) is 6.07 Å². The van der Waals surface area contributed by atoms with Crippen LogP contribution in [-0.2, 0) is 0 Å². The summed E-state index contributed by atoms with van der Waals surface area (Å²) in [6.07, 6.45) is 0. The van der Waals surface area contributed by atoms with Crippen molar-refractivity contribution < 1.29 is 4.74 Å². The Morgan fingerprint density at radius 2 is 2.21 bits per heavy atom. The van der Waals surface area contributed by atoms with E-state index >= 15 is 0 Å². The third-order valence-corrected chi connectivity index (χ3v) is 1.71. The van der Waals surface area contributed by atoms with Gasteiger partial charge in [-0.15, -0.1) is 0 Å². The van der Waals surface area contributed by atoms with Gasteiger partial charge in [-0.2, -0.15) is 5.26 Å². The van der Waals surface area contributed by atoms with Crippen LogP contribution in [0.2, 0.25) is 0 Å². The fraction of sp³-hybridized carbons (Fsp3) is 0.364. The van der Waals surface area contributed by atoms with Crippen molar-refractivity contribution in [3.63, 3.8) is 0 Å². The summed E-state index contributed by atoms with van der Waals surface area (Å²) in [7, 11) is 0. The molecule has 3 heteroatoms. The molecule has 0 aliphatic rings. The van der Waals surface area contributed by atoms with E-state index in [-0.39, 0.29) is 0 Å². The second-order valence-corrected chi connectivity index (χ2v) is 3.57. The van der Waals surface area contributed by atoms with Crippen molar-refractivity contribution in [3.05, 3.63) is 23.8 Å². The van der Waals surface area contributed by atoms with Gasteiger partial charge in [0.2, 0.25) is 0 Å². The highest BCUT2D eigenvalue weighted by Crippen LogP contribution is 2.22. The summed E-state index contributed by atoms with van der Waals surface area (Å²) in [6, 6.07) is 7.08. The largest absolute Gasteiger partial charge is 0.491 e. The molecule has 0 aliphatic heterocycles. The molecule has 0 radical (unpaired) electrons. The maximum atomic E-state index is 8.68. The van der Waals surface area contributed by atoms with Crippen LogP contribution in [0.15, 0.2) is 18.2 Å². The normalized spacial score (nSPS) is 9.86. The summed E-state index contributed by atoms with van der Waals surface area (Å²) in [5, 5.41) is 8.68. The number of nitrogens with two attached hydrogens (primary N) is 1. The van der Waals surface area contributed by atoms with Crippen molar-refractivity contribution in [1.29, 1.82) is 5.26 Å².